The van der Waals surface area contributed by atoms with Gasteiger partial charge in [-0.25, -0.2) is 4.79 Å². The van der Waals surface area contributed by atoms with E-state index in [1.807, 2.05) is 6.07 Å². The van der Waals surface area contributed by atoms with Crippen LogP contribution in [0.2, 0.25) is 0 Å². The molecule has 0 unspecified atom stereocenters. The standard InChI is InChI=1S/C12H14FN3O.2ClH/c13-16-11-4-2-1-3-10(11)15(12(16)17)9-5-7-14-8-6-9;;/h1-4,9,14H,5-8H2;2*1H. The maximum Gasteiger partial charge on any atom is 0.357 e. The number of nitrogens with zero attached hydrogens (tertiary/aromatic N) is 2. The molecule has 1 aromatic carbocycles. The Morgan fingerprint density at radius 2 is 1.68 bits per heavy atom. The van der Waals surface area contributed by atoms with E-state index in [-0.39, 0.29) is 35.6 Å². The first-order valence-corrected chi connectivity index (χ1v) is 5.88. The summed E-state index contributed by atoms with van der Waals surface area (Å²) in [6.07, 6.45) is 1.74. The number of para-hydroxylation sites is 2. The van der Waals surface area contributed by atoms with Crippen LogP contribution < -0.4 is 11.0 Å². The highest BCUT2D eigenvalue weighted by Gasteiger charge is 2.21. The van der Waals surface area contributed by atoms with Gasteiger partial charge in [0.1, 0.15) is 5.52 Å². The third-order valence-electron chi connectivity index (χ3n) is 3.40. The topological polar surface area (TPSA) is 39.0 Å². The van der Waals surface area contributed by atoms with E-state index in [2.05, 4.69) is 5.32 Å². The molecule has 2 heterocycles. The van der Waals surface area contributed by atoms with E-state index in [4.69, 9.17) is 0 Å². The van der Waals surface area contributed by atoms with Gasteiger partial charge in [-0.1, -0.05) is 16.6 Å². The lowest BCUT2D eigenvalue weighted by molar-refractivity contribution is 0.326. The molecular weight excluding hydrogens is 292 g/mol. The molecule has 2 aromatic rings. The molecule has 1 aliphatic heterocycles. The van der Waals surface area contributed by atoms with Crippen molar-refractivity contribution in [2.24, 2.45) is 0 Å². The van der Waals surface area contributed by atoms with Crippen LogP contribution in [0.1, 0.15) is 18.9 Å². The molecule has 1 fully saturated rings. The van der Waals surface area contributed by atoms with E-state index in [1.165, 1.54) is 0 Å². The molecule has 0 bridgehead atoms. The molecular formula is C12H16Cl2FN3O. The number of benzene rings is 1. The second-order valence-corrected chi connectivity index (χ2v) is 4.40. The fraction of sp³-hybridized carbons (Fsp3) is 0.417. The van der Waals surface area contributed by atoms with Crippen LogP contribution in [0.25, 0.3) is 11.0 Å². The molecule has 0 saturated carbocycles. The summed E-state index contributed by atoms with van der Waals surface area (Å²) in [7, 11) is 0. The molecule has 1 saturated heterocycles. The van der Waals surface area contributed by atoms with Crippen LogP contribution >= 0.6 is 24.8 Å². The van der Waals surface area contributed by atoms with Gasteiger partial charge in [0, 0.05) is 6.04 Å². The summed E-state index contributed by atoms with van der Waals surface area (Å²) in [5.41, 5.74) is 0.487. The smallest absolute Gasteiger partial charge is 0.317 e. The van der Waals surface area contributed by atoms with E-state index in [0.717, 1.165) is 25.9 Å². The highest BCUT2D eigenvalue weighted by Crippen LogP contribution is 2.22. The van der Waals surface area contributed by atoms with Crippen LogP contribution in [0, 0.1) is 0 Å². The van der Waals surface area contributed by atoms with Crippen molar-refractivity contribution in [1.82, 2.24) is 14.7 Å². The first kappa shape index (κ1) is 16.0. The van der Waals surface area contributed by atoms with Crippen LogP contribution in [0.5, 0.6) is 0 Å². The lowest BCUT2D eigenvalue weighted by atomic mass is 10.1. The van der Waals surface area contributed by atoms with Gasteiger partial charge >= 0.3 is 5.69 Å². The minimum Gasteiger partial charge on any atom is -0.317 e. The van der Waals surface area contributed by atoms with Crippen molar-refractivity contribution in [2.45, 2.75) is 18.9 Å². The second kappa shape index (κ2) is 6.41. The molecule has 3 rings (SSSR count). The van der Waals surface area contributed by atoms with Gasteiger partial charge in [-0.15, -0.1) is 29.6 Å². The normalized spacial score (nSPS) is 15.8. The minimum absolute atomic E-state index is 0. The van der Waals surface area contributed by atoms with Crippen LogP contribution in [-0.2, 0) is 0 Å². The lowest BCUT2D eigenvalue weighted by Crippen LogP contribution is -2.34. The number of rotatable bonds is 1. The zero-order chi connectivity index (χ0) is 11.8. The van der Waals surface area contributed by atoms with Crippen LogP contribution in [-0.4, -0.2) is 22.4 Å². The number of piperidine rings is 1. The number of hydrogen-bond donors (Lipinski definition) is 1. The van der Waals surface area contributed by atoms with Gasteiger partial charge in [-0.05, 0) is 38.1 Å². The number of hydrogen-bond acceptors (Lipinski definition) is 2. The van der Waals surface area contributed by atoms with Crippen molar-refractivity contribution in [1.29, 1.82) is 0 Å². The fourth-order valence-corrected chi connectivity index (χ4v) is 2.55. The molecule has 1 aromatic heterocycles. The number of halogens is 3. The van der Waals surface area contributed by atoms with Crippen molar-refractivity contribution in [3.05, 3.63) is 34.7 Å². The Labute approximate surface area is 122 Å². The first-order valence-electron chi connectivity index (χ1n) is 5.88. The maximum atomic E-state index is 13.7. The van der Waals surface area contributed by atoms with Crippen LogP contribution in [0.15, 0.2) is 29.1 Å². The molecule has 106 valence electrons. The Bertz CT molecular complexity index is 605. The summed E-state index contributed by atoms with van der Waals surface area (Å²) < 4.78 is 15.3. The Balaban J connectivity index is 0.000000902. The van der Waals surface area contributed by atoms with Crippen LogP contribution in [0.4, 0.5) is 4.48 Å². The molecule has 4 nitrogen and oxygen atoms in total. The van der Waals surface area contributed by atoms with E-state index in [1.54, 1.807) is 22.8 Å². The number of imidazole rings is 1. The Kier molecular flexibility index (Phi) is 5.40. The summed E-state index contributed by atoms with van der Waals surface area (Å²) in [5, 5.41) is 3.24. The number of nitrogens with one attached hydrogen (secondary N) is 1. The molecule has 1 aliphatic rings. The SMILES string of the molecule is Cl.Cl.O=c1n(F)c2ccccc2n1C1CCNCC1. The van der Waals surface area contributed by atoms with Gasteiger partial charge < -0.3 is 5.32 Å². The third-order valence-corrected chi connectivity index (χ3v) is 3.40. The van der Waals surface area contributed by atoms with Gasteiger partial charge in [0.25, 0.3) is 0 Å². The number of fused-ring (bicyclic) bond motifs is 1. The monoisotopic (exact) mass is 307 g/mol. The average Bonchev–Trinajstić information content (AvgIpc) is 2.64. The third kappa shape index (κ3) is 2.63. The zero-order valence-electron chi connectivity index (χ0n) is 10.2. The van der Waals surface area contributed by atoms with E-state index >= 15 is 0 Å². The molecule has 0 spiro atoms. The van der Waals surface area contributed by atoms with Gasteiger partial charge in [0.2, 0.25) is 0 Å². The number of aromatic nitrogens is 2. The second-order valence-electron chi connectivity index (χ2n) is 4.40. The Morgan fingerprint density at radius 1 is 1.11 bits per heavy atom. The van der Waals surface area contributed by atoms with E-state index < -0.39 is 5.69 Å². The summed E-state index contributed by atoms with van der Waals surface area (Å²) in [4.78, 5) is 12.2. The molecule has 1 N–H and O–H groups in total. The Hall–Kier alpha value is -1.04. The minimum atomic E-state index is -0.557. The summed E-state index contributed by atoms with van der Waals surface area (Å²) in [5.74, 6) is 0. The Morgan fingerprint density at radius 3 is 2.32 bits per heavy atom. The van der Waals surface area contributed by atoms with Crippen molar-refractivity contribution in [3.8, 4) is 0 Å². The average molecular weight is 308 g/mol. The highest BCUT2D eigenvalue weighted by molar-refractivity contribution is 5.85. The van der Waals surface area contributed by atoms with Crippen molar-refractivity contribution in [2.75, 3.05) is 13.1 Å². The summed E-state index contributed by atoms with van der Waals surface area (Å²) in [6, 6.07) is 7.11. The summed E-state index contributed by atoms with van der Waals surface area (Å²) >= 11 is 0. The van der Waals surface area contributed by atoms with E-state index in [9.17, 15) is 9.28 Å². The van der Waals surface area contributed by atoms with Gasteiger partial charge in [0.15, 0.2) is 0 Å². The predicted molar refractivity (Wildman–Crippen MR) is 78.3 cm³/mol. The molecule has 0 radical (unpaired) electrons. The lowest BCUT2D eigenvalue weighted by Gasteiger charge is -2.23. The van der Waals surface area contributed by atoms with Gasteiger partial charge in [-0.2, -0.15) is 0 Å². The van der Waals surface area contributed by atoms with Crippen molar-refractivity contribution in [3.63, 3.8) is 0 Å². The largest absolute Gasteiger partial charge is 0.357 e. The van der Waals surface area contributed by atoms with Crippen molar-refractivity contribution < 1.29 is 4.48 Å². The quantitative estimate of drug-likeness (QED) is 0.878. The fourth-order valence-electron chi connectivity index (χ4n) is 2.55. The van der Waals surface area contributed by atoms with Gasteiger partial charge in [-0.3, -0.25) is 4.57 Å². The van der Waals surface area contributed by atoms with Crippen LogP contribution in [0.3, 0.4) is 0 Å². The van der Waals surface area contributed by atoms with Gasteiger partial charge in [0.05, 0.1) is 5.52 Å². The zero-order valence-corrected chi connectivity index (χ0v) is 11.8. The van der Waals surface area contributed by atoms with E-state index in [0.29, 0.717) is 11.0 Å². The first-order chi connectivity index (χ1) is 8.29. The predicted octanol–water partition coefficient (Wildman–Crippen LogP) is 2.30. The molecule has 0 aliphatic carbocycles. The summed E-state index contributed by atoms with van der Waals surface area (Å²) in [6.45, 7) is 1.76. The molecule has 19 heavy (non-hydrogen) atoms. The maximum absolute atomic E-state index is 13.7. The molecule has 0 amide bonds. The highest BCUT2D eigenvalue weighted by atomic mass is 35.5. The molecule has 7 heteroatoms. The van der Waals surface area contributed by atoms with Crippen molar-refractivity contribution >= 4 is 35.8 Å². The molecule has 0 atom stereocenters.